The van der Waals surface area contributed by atoms with Gasteiger partial charge in [0.1, 0.15) is 5.69 Å². The first-order chi connectivity index (χ1) is 10.4. The standard InChI is InChI=1S/C12H12F3N3S2.C2H6/c1-3-8-9(20-6-16-8)5-19-11-17-7(2)4-10(18-11)12(13,14)15;1-2/h4,6H,3,5H2,1-2H3;1-2H3. The molecular weight excluding hydrogens is 331 g/mol. The predicted octanol–water partition coefficient (Wildman–Crippen LogP) is 5.14. The van der Waals surface area contributed by atoms with Crippen molar-refractivity contribution in [2.45, 2.75) is 51.2 Å². The minimum absolute atomic E-state index is 0.146. The SMILES string of the molecule is CC.CCc1ncsc1CSc1nc(C)cc(C(F)(F)F)n1. The van der Waals surface area contributed by atoms with E-state index in [0.29, 0.717) is 11.4 Å². The van der Waals surface area contributed by atoms with Gasteiger partial charge in [-0.2, -0.15) is 13.2 Å². The van der Waals surface area contributed by atoms with Gasteiger partial charge in [0.25, 0.3) is 0 Å². The van der Waals surface area contributed by atoms with Crippen molar-refractivity contribution < 1.29 is 13.2 Å². The van der Waals surface area contributed by atoms with Crippen LogP contribution < -0.4 is 0 Å². The number of thiazole rings is 1. The van der Waals surface area contributed by atoms with Crippen LogP contribution in [-0.2, 0) is 18.3 Å². The van der Waals surface area contributed by atoms with Gasteiger partial charge in [0, 0.05) is 16.3 Å². The summed E-state index contributed by atoms with van der Waals surface area (Å²) in [6.07, 6.45) is -3.63. The molecule has 3 nitrogen and oxygen atoms in total. The molecule has 0 aliphatic carbocycles. The molecule has 0 fully saturated rings. The minimum Gasteiger partial charge on any atom is -0.249 e. The Bertz CT molecular complexity index is 597. The highest BCUT2D eigenvalue weighted by molar-refractivity contribution is 7.98. The second kappa shape index (κ2) is 8.47. The molecule has 22 heavy (non-hydrogen) atoms. The van der Waals surface area contributed by atoms with E-state index in [0.717, 1.165) is 23.1 Å². The first-order valence-corrected chi connectivity index (χ1v) is 8.73. The highest BCUT2D eigenvalue weighted by Gasteiger charge is 2.33. The maximum Gasteiger partial charge on any atom is 0.433 e. The fourth-order valence-electron chi connectivity index (χ4n) is 1.58. The smallest absolute Gasteiger partial charge is 0.249 e. The first kappa shape index (κ1) is 18.9. The lowest BCUT2D eigenvalue weighted by Gasteiger charge is -2.08. The highest BCUT2D eigenvalue weighted by atomic mass is 32.2. The predicted molar refractivity (Wildman–Crippen MR) is 84.2 cm³/mol. The van der Waals surface area contributed by atoms with Crippen LogP contribution in [0.2, 0.25) is 0 Å². The number of nitrogens with zero attached hydrogens (tertiary/aromatic N) is 3. The molecule has 2 aromatic rings. The molecule has 2 heterocycles. The van der Waals surface area contributed by atoms with Gasteiger partial charge in [-0.25, -0.2) is 15.0 Å². The Balaban J connectivity index is 0.00000116. The van der Waals surface area contributed by atoms with E-state index < -0.39 is 11.9 Å². The van der Waals surface area contributed by atoms with Crippen LogP contribution >= 0.6 is 23.1 Å². The largest absolute Gasteiger partial charge is 0.433 e. The Morgan fingerprint density at radius 1 is 1.23 bits per heavy atom. The monoisotopic (exact) mass is 349 g/mol. The molecule has 0 saturated heterocycles. The molecule has 122 valence electrons. The minimum atomic E-state index is -4.44. The van der Waals surface area contributed by atoms with Crippen LogP contribution in [-0.4, -0.2) is 15.0 Å². The third-order valence-corrected chi connectivity index (χ3v) is 4.45. The van der Waals surface area contributed by atoms with Crippen molar-refractivity contribution in [3.05, 3.63) is 33.5 Å². The van der Waals surface area contributed by atoms with Crippen molar-refractivity contribution in [3.63, 3.8) is 0 Å². The number of aryl methyl sites for hydroxylation is 2. The van der Waals surface area contributed by atoms with Crippen molar-refractivity contribution in [2.24, 2.45) is 0 Å². The maximum atomic E-state index is 12.7. The van der Waals surface area contributed by atoms with Gasteiger partial charge in [0.2, 0.25) is 0 Å². The molecule has 0 saturated carbocycles. The van der Waals surface area contributed by atoms with Gasteiger partial charge in [-0.05, 0) is 19.4 Å². The van der Waals surface area contributed by atoms with Crippen molar-refractivity contribution in [2.75, 3.05) is 0 Å². The Labute approximate surface area is 136 Å². The zero-order chi connectivity index (χ0) is 16.8. The van der Waals surface area contributed by atoms with Crippen LogP contribution in [0.25, 0.3) is 0 Å². The lowest BCUT2D eigenvalue weighted by molar-refractivity contribution is -0.141. The summed E-state index contributed by atoms with van der Waals surface area (Å²) in [5.74, 6) is 0.536. The van der Waals surface area contributed by atoms with Crippen LogP contribution in [0.1, 0.15) is 42.7 Å². The van der Waals surface area contributed by atoms with E-state index >= 15 is 0 Å². The lowest BCUT2D eigenvalue weighted by atomic mass is 10.3. The van der Waals surface area contributed by atoms with Crippen LogP contribution in [0.4, 0.5) is 13.2 Å². The summed E-state index contributed by atoms with van der Waals surface area (Å²) in [4.78, 5) is 12.9. The van der Waals surface area contributed by atoms with Crippen LogP contribution in [0.3, 0.4) is 0 Å². The first-order valence-electron chi connectivity index (χ1n) is 6.87. The van der Waals surface area contributed by atoms with Crippen LogP contribution in [0.15, 0.2) is 16.7 Å². The molecule has 0 bridgehead atoms. The van der Waals surface area contributed by atoms with E-state index in [-0.39, 0.29) is 5.16 Å². The van der Waals surface area contributed by atoms with Gasteiger partial charge in [0.15, 0.2) is 5.16 Å². The molecule has 0 radical (unpaired) electrons. The van der Waals surface area contributed by atoms with E-state index in [1.807, 2.05) is 20.8 Å². The van der Waals surface area contributed by atoms with Crippen molar-refractivity contribution in [1.29, 1.82) is 0 Å². The third kappa shape index (κ3) is 5.24. The summed E-state index contributed by atoms with van der Waals surface area (Å²) in [5.41, 5.74) is 2.14. The summed E-state index contributed by atoms with van der Waals surface area (Å²) in [6, 6.07) is 0.953. The quantitative estimate of drug-likeness (QED) is 0.566. The summed E-state index contributed by atoms with van der Waals surface area (Å²) in [7, 11) is 0. The molecule has 0 unspecified atom stereocenters. The average Bonchev–Trinajstić information content (AvgIpc) is 2.93. The highest BCUT2D eigenvalue weighted by Crippen LogP contribution is 2.30. The summed E-state index contributed by atoms with van der Waals surface area (Å²) in [5, 5.41) is 0.146. The van der Waals surface area contributed by atoms with Gasteiger partial charge >= 0.3 is 6.18 Å². The molecule has 0 aromatic carbocycles. The van der Waals surface area contributed by atoms with Crippen molar-refractivity contribution in [1.82, 2.24) is 15.0 Å². The number of thioether (sulfide) groups is 1. The molecule has 0 N–H and O–H groups in total. The Hall–Kier alpha value is -1.15. The van der Waals surface area contributed by atoms with E-state index in [2.05, 4.69) is 15.0 Å². The molecule has 8 heteroatoms. The Morgan fingerprint density at radius 3 is 2.50 bits per heavy atom. The molecule has 0 aliphatic rings. The molecule has 0 spiro atoms. The van der Waals surface area contributed by atoms with E-state index in [1.54, 1.807) is 5.51 Å². The molecule has 2 aromatic heterocycles. The zero-order valence-electron chi connectivity index (χ0n) is 12.9. The van der Waals surface area contributed by atoms with E-state index in [4.69, 9.17) is 0 Å². The second-order valence-corrected chi connectivity index (χ2v) is 5.92. The number of alkyl halides is 3. The summed E-state index contributed by atoms with van der Waals surface area (Å²) in [6.45, 7) is 7.53. The number of aromatic nitrogens is 3. The molecule has 0 aliphatic heterocycles. The topological polar surface area (TPSA) is 38.7 Å². The maximum absolute atomic E-state index is 12.7. The summed E-state index contributed by atoms with van der Waals surface area (Å²) < 4.78 is 38.0. The fraction of sp³-hybridized carbons (Fsp3) is 0.500. The lowest BCUT2D eigenvalue weighted by Crippen LogP contribution is -2.10. The normalized spacial score (nSPS) is 11.0. The second-order valence-electron chi connectivity index (χ2n) is 4.04. The van der Waals surface area contributed by atoms with Crippen LogP contribution in [0, 0.1) is 6.92 Å². The van der Waals surface area contributed by atoms with Gasteiger partial charge in [0.05, 0.1) is 11.2 Å². The van der Waals surface area contributed by atoms with Gasteiger partial charge in [-0.1, -0.05) is 32.5 Å². The molecule has 0 atom stereocenters. The van der Waals surface area contributed by atoms with Crippen molar-refractivity contribution >= 4 is 23.1 Å². The summed E-state index contributed by atoms with van der Waals surface area (Å²) >= 11 is 2.70. The number of hydrogen-bond donors (Lipinski definition) is 0. The Morgan fingerprint density at radius 2 is 1.91 bits per heavy atom. The average molecular weight is 349 g/mol. The van der Waals surface area contributed by atoms with Gasteiger partial charge < -0.3 is 0 Å². The molecule has 0 amide bonds. The third-order valence-electron chi connectivity index (χ3n) is 2.52. The Kier molecular flexibility index (Phi) is 7.28. The van der Waals surface area contributed by atoms with E-state index in [1.165, 1.54) is 30.0 Å². The number of hydrogen-bond acceptors (Lipinski definition) is 5. The van der Waals surface area contributed by atoms with Crippen molar-refractivity contribution in [3.8, 4) is 0 Å². The van der Waals surface area contributed by atoms with Gasteiger partial charge in [-0.15, -0.1) is 11.3 Å². The van der Waals surface area contributed by atoms with E-state index in [9.17, 15) is 13.2 Å². The number of rotatable bonds is 4. The number of halogens is 3. The molecular formula is C14H18F3N3S2. The van der Waals surface area contributed by atoms with Gasteiger partial charge in [-0.3, -0.25) is 0 Å². The molecule has 2 rings (SSSR count). The fourth-order valence-corrected chi connectivity index (χ4v) is 3.47. The van der Waals surface area contributed by atoms with Crippen LogP contribution in [0.5, 0.6) is 0 Å². The zero-order valence-corrected chi connectivity index (χ0v) is 14.5.